The van der Waals surface area contributed by atoms with Crippen molar-refractivity contribution in [1.29, 1.82) is 5.26 Å². The quantitative estimate of drug-likeness (QED) is 0.379. The van der Waals surface area contributed by atoms with E-state index in [1.165, 1.54) is 30.9 Å². The topological polar surface area (TPSA) is 76.4 Å². The second-order valence-electron chi connectivity index (χ2n) is 9.08. The van der Waals surface area contributed by atoms with Crippen molar-refractivity contribution in [3.05, 3.63) is 93.9 Å². The average molecular weight is 476 g/mol. The number of sulfone groups is 1. The number of aryl methyl sites for hydroxylation is 1. The standard InChI is InChI=1S/C28H29NO4S/c1-20-6-13-24(14-7-20)34(30,31)25(18-29)16-22-10-15-26(27(17-22)32-5)33-19-21-8-11-23(12-9-21)28(2,3)4/h6-17H,19H2,1-5H3. The van der Waals surface area contributed by atoms with E-state index in [0.717, 1.165) is 11.1 Å². The second kappa shape index (κ2) is 10.1. The number of hydrogen-bond acceptors (Lipinski definition) is 5. The highest BCUT2D eigenvalue weighted by Crippen LogP contribution is 2.31. The molecule has 34 heavy (non-hydrogen) atoms. The first-order chi connectivity index (χ1) is 16.0. The molecule has 3 rings (SSSR count). The number of hydrogen-bond donors (Lipinski definition) is 0. The van der Waals surface area contributed by atoms with Gasteiger partial charge in [0.15, 0.2) is 11.5 Å². The van der Waals surface area contributed by atoms with Crippen LogP contribution in [0.3, 0.4) is 0 Å². The van der Waals surface area contributed by atoms with Gasteiger partial charge in [-0.25, -0.2) is 8.42 Å². The van der Waals surface area contributed by atoms with Crippen molar-refractivity contribution in [1.82, 2.24) is 0 Å². The van der Waals surface area contributed by atoms with E-state index in [0.29, 0.717) is 23.7 Å². The van der Waals surface area contributed by atoms with Crippen LogP contribution in [-0.4, -0.2) is 15.5 Å². The van der Waals surface area contributed by atoms with Gasteiger partial charge >= 0.3 is 0 Å². The third kappa shape index (κ3) is 5.86. The van der Waals surface area contributed by atoms with Crippen LogP contribution in [0.2, 0.25) is 0 Å². The van der Waals surface area contributed by atoms with E-state index < -0.39 is 9.84 Å². The highest BCUT2D eigenvalue weighted by Gasteiger charge is 2.21. The summed E-state index contributed by atoms with van der Waals surface area (Å²) in [6, 6.07) is 21.6. The van der Waals surface area contributed by atoms with Crippen LogP contribution in [-0.2, 0) is 21.9 Å². The third-order valence-corrected chi connectivity index (χ3v) is 7.11. The number of methoxy groups -OCH3 is 1. The van der Waals surface area contributed by atoms with E-state index in [9.17, 15) is 13.7 Å². The zero-order valence-electron chi connectivity index (χ0n) is 20.1. The van der Waals surface area contributed by atoms with Gasteiger partial charge in [-0.05, 0) is 59.4 Å². The molecule has 0 unspecified atom stereocenters. The molecule has 0 bridgehead atoms. The van der Waals surface area contributed by atoms with Crippen molar-refractivity contribution >= 4 is 15.9 Å². The Morgan fingerprint density at radius 2 is 1.62 bits per heavy atom. The number of ether oxygens (including phenoxy) is 2. The Hall–Kier alpha value is -3.56. The van der Waals surface area contributed by atoms with Crippen LogP contribution in [0.4, 0.5) is 0 Å². The summed E-state index contributed by atoms with van der Waals surface area (Å²) in [6.07, 6.45) is 1.34. The minimum absolute atomic E-state index is 0.0790. The van der Waals surface area contributed by atoms with Gasteiger partial charge in [0.1, 0.15) is 17.6 Å². The maximum atomic E-state index is 12.9. The maximum absolute atomic E-state index is 12.9. The molecule has 3 aromatic carbocycles. The van der Waals surface area contributed by atoms with Crippen molar-refractivity contribution < 1.29 is 17.9 Å². The van der Waals surface area contributed by atoms with Gasteiger partial charge < -0.3 is 9.47 Å². The molecule has 0 fully saturated rings. The predicted molar refractivity (Wildman–Crippen MR) is 134 cm³/mol. The Labute approximate surface area is 202 Å². The molecule has 0 aliphatic heterocycles. The van der Waals surface area contributed by atoms with Gasteiger partial charge in [-0.3, -0.25) is 0 Å². The fraction of sp³-hybridized carbons (Fsp3) is 0.250. The first kappa shape index (κ1) is 25.1. The minimum atomic E-state index is -3.93. The molecule has 0 atom stereocenters. The molecule has 176 valence electrons. The minimum Gasteiger partial charge on any atom is -0.493 e. The van der Waals surface area contributed by atoms with Crippen molar-refractivity contribution in [2.75, 3.05) is 7.11 Å². The fourth-order valence-electron chi connectivity index (χ4n) is 3.32. The molecule has 0 saturated carbocycles. The molecule has 0 heterocycles. The molecule has 0 aromatic heterocycles. The fourth-order valence-corrected chi connectivity index (χ4v) is 4.48. The zero-order chi connectivity index (χ0) is 24.9. The van der Waals surface area contributed by atoms with Gasteiger partial charge in [0.2, 0.25) is 9.84 Å². The number of nitriles is 1. The molecular formula is C28H29NO4S. The number of allylic oxidation sites excluding steroid dienone is 1. The van der Waals surface area contributed by atoms with Crippen molar-refractivity contribution in [2.45, 2.75) is 44.6 Å². The molecule has 0 spiro atoms. The molecule has 0 aliphatic rings. The maximum Gasteiger partial charge on any atom is 0.216 e. The third-order valence-electron chi connectivity index (χ3n) is 5.43. The van der Waals surface area contributed by atoms with Crippen LogP contribution >= 0.6 is 0 Å². The SMILES string of the molecule is COc1cc(C=C(C#N)S(=O)(=O)c2ccc(C)cc2)ccc1OCc1ccc(C(C)(C)C)cc1. The molecule has 0 aliphatic carbocycles. The molecule has 0 N–H and O–H groups in total. The average Bonchev–Trinajstić information content (AvgIpc) is 2.81. The summed E-state index contributed by atoms with van der Waals surface area (Å²) in [5.74, 6) is 0.976. The van der Waals surface area contributed by atoms with E-state index in [1.54, 1.807) is 30.3 Å². The van der Waals surface area contributed by atoms with Crippen molar-refractivity contribution in [2.24, 2.45) is 0 Å². The highest BCUT2D eigenvalue weighted by atomic mass is 32.2. The Morgan fingerprint density at radius 3 is 2.18 bits per heavy atom. The molecule has 0 saturated heterocycles. The summed E-state index contributed by atoms with van der Waals surface area (Å²) in [5, 5.41) is 9.55. The highest BCUT2D eigenvalue weighted by molar-refractivity contribution is 7.95. The van der Waals surface area contributed by atoms with Crippen LogP contribution in [0.1, 0.15) is 43.0 Å². The van der Waals surface area contributed by atoms with Gasteiger partial charge in [0, 0.05) is 0 Å². The Bertz CT molecular complexity index is 1330. The van der Waals surface area contributed by atoms with E-state index >= 15 is 0 Å². The van der Waals surface area contributed by atoms with Gasteiger partial charge in [0.05, 0.1) is 12.0 Å². The zero-order valence-corrected chi connectivity index (χ0v) is 20.9. The molecule has 3 aromatic rings. The Morgan fingerprint density at radius 1 is 0.971 bits per heavy atom. The summed E-state index contributed by atoms with van der Waals surface area (Å²) in [5.41, 5.74) is 3.81. The summed E-state index contributed by atoms with van der Waals surface area (Å²) in [6.45, 7) is 8.74. The van der Waals surface area contributed by atoms with Crippen molar-refractivity contribution in [3.63, 3.8) is 0 Å². The molecule has 6 heteroatoms. The van der Waals surface area contributed by atoms with Gasteiger partial charge in [-0.1, -0.05) is 68.8 Å². The van der Waals surface area contributed by atoms with E-state index in [4.69, 9.17) is 9.47 Å². The summed E-state index contributed by atoms with van der Waals surface area (Å²) in [4.78, 5) is -0.263. The normalized spacial score (nSPS) is 12.2. The van der Waals surface area contributed by atoms with Crippen LogP contribution in [0.15, 0.2) is 76.5 Å². The predicted octanol–water partition coefficient (Wildman–Crippen LogP) is 6.22. The van der Waals surface area contributed by atoms with Crippen LogP contribution in [0.5, 0.6) is 11.5 Å². The van der Waals surface area contributed by atoms with Crippen LogP contribution in [0, 0.1) is 18.3 Å². The van der Waals surface area contributed by atoms with Crippen LogP contribution < -0.4 is 9.47 Å². The lowest BCUT2D eigenvalue weighted by Gasteiger charge is -2.19. The Kier molecular flexibility index (Phi) is 7.48. The van der Waals surface area contributed by atoms with Crippen molar-refractivity contribution in [3.8, 4) is 17.6 Å². The smallest absolute Gasteiger partial charge is 0.216 e. The lowest BCUT2D eigenvalue weighted by Crippen LogP contribution is -2.10. The lowest BCUT2D eigenvalue weighted by molar-refractivity contribution is 0.284. The first-order valence-corrected chi connectivity index (χ1v) is 12.4. The number of benzene rings is 3. The summed E-state index contributed by atoms with van der Waals surface area (Å²) >= 11 is 0. The van der Waals surface area contributed by atoms with Crippen LogP contribution in [0.25, 0.3) is 6.08 Å². The number of nitrogens with zero attached hydrogens (tertiary/aromatic N) is 1. The molecule has 0 amide bonds. The monoisotopic (exact) mass is 475 g/mol. The molecular weight excluding hydrogens is 446 g/mol. The first-order valence-electron chi connectivity index (χ1n) is 10.9. The molecule has 5 nitrogen and oxygen atoms in total. The van der Waals surface area contributed by atoms with E-state index in [1.807, 2.05) is 25.1 Å². The van der Waals surface area contributed by atoms with E-state index in [-0.39, 0.29) is 15.2 Å². The largest absolute Gasteiger partial charge is 0.493 e. The summed E-state index contributed by atoms with van der Waals surface area (Å²) in [7, 11) is -2.41. The van der Waals surface area contributed by atoms with Gasteiger partial charge in [-0.2, -0.15) is 5.26 Å². The van der Waals surface area contributed by atoms with Gasteiger partial charge in [-0.15, -0.1) is 0 Å². The second-order valence-corrected chi connectivity index (χ2v) is 11.0. The number of rotatable bonds is 7. The lowest BCUT2D eigenvalue weighted by atomic mass is 9.87. The van der Waals surface area contributed by atoms with Gasteiger partial charge in [0.25, 0.3) is 0 Å². The Balaban J connectivity index is 1.82. The summed E-state index contributed by atoms with van der Waals surface area (Å²) < 4.78 is 37.2. The molecule has 0 radical (unpaired) electrons. The van der Waals surface area contributed by atoms with E-state index in [2.05, 4.69) is 32.9 Å².